The number of halogens is 1. The monoisotopic (exact) mass is 465 g/mol. The zero-order chi connectivity index (χ0) is 20.8. The molecule has 3 rings (SSSR count). The number of nitrogens with one attached hydrogen (secondary N) is 1. The highest BCUT2D eigenvalue weighted by molar-refractivity contribution is 9.10. The molecule has 158 valence electrons. The highest BCUT2D eigenvalue weighted by Gasteiger charge is 2.34. The first-order chi connectivity index (χ1) is 14.0. The molecule has 1 aromatic rings. The zero-order valence-electron chi connectivity index (χ0n) is 16.7. The van der Waals surface area contributed by atoms with Gasteiger partial charge in [-0.3, -0.25) is 14.4 Å². The molecule has 2 unspecified atom stereocenters. The molecule has 1 N–H and O–H groups in total. The number of rotatable bonds is 6. The molecule has 2 amide bonds. The molecule has 7 nitrogen and oxygen atoms in total. The van der Waals surface area contributed by atoms with Crippen molar-refractivity contribution in [2.24, 2.45) is 5.92 Å². The van der Waals surface area contributed by atoms with Gasteiger partial charge in [0.25, 0.3) is 0 Å². The van der Waals surface area contributed by atoms with Crippen LogP contribution >= 0.6 is 15.9 Å². The van der Waals surface area contributed by atoms with Crippen molar-refractivity contribution in [2.75, 3.05) is 32.8 Å². The lowest BCUT2D eigenvalue weighted by atomic mass is 9.97. The summed E-state index contributed by atoms with van der Waals surface area (Å²) in [5.74, 6) is -0.648. The Hall–Kier alpha value is -1.93. The van der Waals surface area contributed by atoms with Gasteiger partial charge in [-0.2, -0.15) is 0 Å². The average molecular weight is 466 g/mol. The Labute approximate surface area is 179 Å². The van der Waals surface area contributed by atoms with E-state index in [0.717, 1.165) is 22.9 Å². The van der Waals surface area contributed by atoms with Crippen molar-refractivity contribution in [3.63, 3.8) is 0 Å². The van der Waals surface area contributed by atoms with Crippen molar-refractivity contribution < 1.29 is 19.1 Å². The van der Waals surface area contributed by atoms with Crippen LogP contribution in [0.15, 0.2) is 28.7 Å². The standard InChI is InChI=1S/C21H28BrN3O4/c1-2-29-21(28)16-6-4-9-24(14-16)19(26)12-18-20(27)25(10-8-23-18)13-15-5-3-7-17(22)11-15/h3,5,7,11,16,18,23H,2,4,6,8-10,12-14H2,1H3. The lowest BCUT2D eigenvalue weighted by Gasteiger charge is -2.35. The number of nitrogens with zero attached hydrogens (tertiary/aromatic N) is 2. The van der Waals surface area contributed by atoms with E-state index >= 15 is 0 Å². The summed E-state index contributed by atoms with van der Waals surface area (Å²) in [5.41, 5.74) is 1.05. The second-order valence-corrected chi connectivity index (χ2v) is 8.45. The molecule has 8 heteroatoms. The van der Waals surface area contributed by atoms with Crippen molar-refractivity contribution in [1.29, 1.82) is 0 Å². The first-order valence-electron chi connectivity index (χ1n) is 10.2. The molecule has 0 saturated carbocycles. The van der Waals surface area contributed by atoms with Gasteiger partial charge in [-0.1, -0.05) is 28.1 Å². The molecule has 0 aliphatic carbocycles. The molecule has 1 aromatic carbocycles. The number of amides is 2. The van der Waals surface area contributed by atoms with E-state index in [-0.39, 0.29) is 30.1 Å². The van der Waals surface area contributed by atoms with Gasteiger partial charge in [0.1, 0.15) is 0 Å². The Bertz CT molecular complexity index is 757. The summed E-state index contributed by atoms with van der Waals surface area (Å²) in [6, 6.07) is 7.37. The number of ether oxygens (including phenoxy) is 1. The smallest absolute Gasteiger partial charge is 0.310 e. The van der Waals surface area contributed by atoms with E-state index in [9.17, 15) is 14.4 Å². The molecule has 2 aliphatic rings. The quantitative estimate of drug-likeness (QED) is 0.649. The third-order valence-electron chi connectivity index (χ3n) is 5.42. The third kappa shape index (κ3) is 5.79. The Kier molecular flexibility index (Phi) is 7.66. The lowest BCUT2D eigenvalue weighted by molar-refractivity contribution is -0.152. The number of carbonyl (C=O) groups excluding carboxylic acids is 3. The maximum Gasteiger partial charge on any atom is 0.310 e. The number of likely N-dealkylation sites (tertiary alicyclic amines) is 1. The van der Waals surface area contributed by atoms with E-state index in [1.165, 1.54) is 0 Å². The molecule has 2 fully saturated rings. The summed E-state index contributed by atoms with van der Waals surface area (Å²) >= 11 is 3.46. The largest absolute Gasteiger partial charge is 0.466 e. The molecule has 0 radical (unpaired) electrons. The van der Waals surface area contributed by atoms with Crippen LogP contribution < -0.4 is 5.32 Å². The SMILES string of the molecule is CCOC(=O)C1CCCN(C(=O)CC2NCCN(Cc3cccc(Br)c3)C2=O)C1. The molecular formula is C21H28BrN3O4. The molecule has 2 saturated heterocycles. The Morgan fingerprint density at radius 2 is 2.14 bits per heavy atom. The second kappa shape index (κ2) is 10.2. The predicted octanol–water partition coefficient (Wildman–Crippen LogP) is 1.94. The van der Waals surface area contributed by atoms with Gasteiger partial charge in [0.2, 0.25) is 11.8 Å². The Balaban J connectivity index is 1.56. The van der Waals surface area contributed by atoms with Crippen LogP contribution in [-0.4, -0.2) is 66.4 Å². The first-order valence-corrected chi connectivity index (χ1v) is 11.0. The molecular weight excluding hydrogens is 438 g/mol. The molecule has 0 aromatic heterocycles. The van der Waals surface area contributed by atoms with Crippen molar-refractivity contribution in [2.45, 2.75) is 38.8 Å². The van der Waals surface area contributed by atoms with E-state index in [4.69, 9.17) is 4.74 Å². The lowest BCUT2D eigenvalue weighted by Crippen LogP contribution is -2.56. The van der Waals surface area contributed by atoms with Crippen LogP contribution in [0, 0.1) is 5.92 Å². The normalized spacial score (nSPS) is 22.5. The van der Waals surface area contributed by atoms with Crippen LogP contribution in [0.25, 0.3) is 0 Å². The van der Waals surface area contributed by atoms with E-state index in [2.05, 4.69) is 21.2 Å². The number of esters is 1. The van der Waals surface area contributed by atoms with Gasteiger partial charge >= 0.3 is 5.97 Å². The zero-order valence-corrected chi connectivity index (χ0v) is 18.3. The van der Waals surface area contributed by atoms with E-state index < -0.39 is 6.04 Å². The van der Waals surface area contributed by atoms with E-state index in [0.29, 0.717) is 39.3 Å². The van der Waals surface area contributed by atoms with Gasteiger partial charge in [0.05, 0.1) is 25.0 Å². The number of hydrogen-bond acceptors (Lipinski definition) is 5. The van der Waals surface area contributed by atoms with Crippen molar-refractivity contribution in [1.82, 2.24) is 15.1 Å². The minimum Gasteiger partial charge on any atom is -0.466 e. The van der Waals surface area contributed by atoms with Crippen molar-refractivity contribution in [3.05, 3.63) is 34.3 Å². The van der Waals surface area contributed by atoms with Gasteiger partial charge in [0.15, 0.2) is 0 Å². The molecule has 2 atom stereocenters. The molecule has 0 bridgehead atoms. The highest BCUT2D eigenvalue weighted by Crippen LogP contribution is 2.20. The van der Waals surface area contributed by atoms with Crippen LogP contribution in [0.2, 0.25) is 0 Å². The van der Waals surface area contributed by atoms with Gasteiger partial charge in [-0.05, 0) is 37.5 Å². The van der Waals surface area contributed by atoms with E-state index in [1.807, 2.05) is 24.3 Å². The minimum atomic E-state index is -0.522. The van der Waals surface area contributed by atoms with Gasteiger partial charge in [-0.15, -0.1) is 0 Å². The summed E-state index contributed by atoms with van der Waals surface area (Å²) in [7, 11) is 0. The van der Waals surface area contributed by atoms with Crippen LogP contribution in [0.1, 0.15) is 31.7 Å². The van der Waals surface area contributed by atoms with Crippen molar-refractivity contribution >= 4 is 33.7 Å². The van der Waals surface area contributed by atoms with Gasteiger partial charge in [0, 0.05) is 37.2 Å². The highest BCUT2D eigenvalue weighted by atomic mass is 79.9. The predicted molar refractivity (Wildman–Crippen MR) is 112 cm³/mol. The molecule has 2 aliphatic heterocycles. The van der Waals surface area contributed by atoms with Gasteiger partial charge < -0.3 is 19.9 Å². The first kappa shape index (κ1) is 21.8. The number of hydrogen-bond donors (Lipinski definition) is 1. The number of carbonyl (C=O) groups is 3. The van der Waals surface area contributed by atoms with Crippen LogP contribution in [-0.2, 0) is 25.7 Å². The average Bonchev–Trinajstić information content (AvgIpc) is 2.71. The molecule has 29 heavy (non-hydrogen) atoms. The third-order valence-corrected chi connectivity index (χ3v) is 5.91. The van der Waals surface area contributed by atoms with Crippen molar-refractivity contribution in [3.8, 4) is 0 Å². The topological polar surface area (TPSA) is 79.0 Å². The maximum absolute atomic E-state index is 12.9. The molecule has 2 heterocycles. The summed E-state index contributed by atoms with van der Waals surface area (Å²) in [5, 5.41) is 3.18. The fourth-order valence-electron chi connectivity index (χ4n) is 3.92. The minimum absolute atomic E-state index is 0.0523. The maximum atomic E-state index is 12.9. The Morgan fingerprint density at radius 1 is 1.31 bits per heavy atom. The van der Waals surface area contributed by atoms with Crippen LogP contribution in [0.5, 0.6) is 0 Å². The van der Waals surface area contributed by atoms with E-state index in [1.54, 1.807) is 16.7 Å². The van der Waals surface area contributed by atoms with Crippen LogP contribution in [0.3, 0.4) is 0 Å². The molecule has 0 spiro atoms. The summed E-state index contributed by atoms with van der Waals surface area (Å²) in [6.45, 7) is 4.92. The summed E-state index contributed by atoms with van der Waals surface area (Å²) in [6.07, 6.45) is 1.63. The summed E-state index contributed by atoms with van der Waals surface area (Å²) < 4.78 is 6.08. The van der Waals surface area contributed by atoms with Gasteiger partial charge in [-0.25, -0.2) is 0 Å². The number of piperazine rings is 1. The summed E-state index contributed by atoms with van der Waals surface area (Å²) in [4.78, 5) is 41.2. The Morgan fingerprint density at radius 3 is 2.90 bits per heavy atom. The second-order valence-electron chi connectivity index (χ2n) is 7.53. The number of piperidine rings is 1. The fraction of sp³-hybridized carbons (Fsp3) is 0.571. The number of benzene rings is 1. The fourth-order valence-corrected chi connectivity index (χ4v) is 4.37. The van der Waals surface area contributed by atoms with Crippen LogP contribution in [0.4, 0.5) is 0 Å².